The van der Waals surface area contributed by atoms with Crippen LogP contribution < -0.4 is 4.90 Å². The molecule has 4 heteroatoms. The quantitative estimate of drug-likeness (QED) is 0.817. The lowest BCUT2D eigenvalue weighted by Gasteiger charge is -2.35. The number of aliphatic carboxylic acids is 1. The zero-order valence-corrected chi connectivity index (χ0v) is 13.1. The van der Waals surface area contributed by atoms with Crippen molar-refractivity contribution in [2.75, 3.05) is 18.0 Å². The second-order valence-corrected chi connectivity index (χ2v) is 5.98. The van der Waals surface area contributed by atoms with Crippen molar-refractivity contribution in [2.24, 2.45) is 5.92 Å². The Morgan fingerprint density at radius 1 is 1.43 bits per heavy atom. The molecule has 0 saturated carbocycles. The second kappa shape index (κ2) is 7.51. The molecule has 114 valence electrons. The van der Waals surface area contributed by atoms with Crippen LogP contribution in [0.5, 0.6) is 0 Å². The number of anilines is 1. The Labute approximate surface area is 131 Å². The van der Waals surface area contributed by atoms with Crippen molar-refractivity contribution < 1.29 is 9.90 Å². The van der Waals surface area contributed by atoms with E-state index in [1.54, 1.807) is 6.08 Å². The maximum absolute atomic E-state index is 10.7. The summed E-state index contributed by atoms with van der Waals surface area (Å²) in [5.41, 5.74) is 1.84. The summed E-state index contributed by atoms with van der Waals surface area (Å²) in [7, 11) is 0. The second-order valence-electron chi connectivity index (χ2n) is 5.57. The molecule has 0 amide bonds. The van der Waals surface area contributed by atoms with E-state index in [0.29, 0.717) is 5.02 Å². The predicted molar refractivity (Wildman–Crippen MR) is 88.0 cm³/mol. The fraction of sp³-hybridized carbons (Fsp3) is 0.471. The van der Waals surface area contributed by atoms with E-state index >= 15 is 0 Å². The molecule has 0 aromatic heterocycles. The number of rotatable bonds is 5. The Kier molecular flexibility index (Phi) is 5.68. The lowest BCUT2D eigenvalue weighted by molar-refractivity contribution is -0.131. The van der Waals surface area contributed by atoms with Crippen molar-refractivity contribution >= 4 is 29.3 Å². The average molecular weight is 308 g/mol. The summed E-state index contributed by atoms with van der Waals surface area (Å²) in [6.07, 6.45) is 7.69. The number of carbonyl (C=O) groups is 1. The molecule has 21 heavy (non-hydrogen) atoms. The highest BCUT2D eigenvalue weighted by Gasteiger charge is 2.21. The molecule has 2 rings (SSSR count). The molecular formula is C17H22ClNO2. The van der Waals surface area contributed by atoms with Crippen LogP contribution in [0.25, 0.3) is 6.08 Å². The molecule has 0 bridgehead atoms. The highest BCUT2D eigenvalue weighted by molar-refractivity contribution is 6.33. The van der Waals surface area contributed by atoms with E-state index in [2.05, 4.69) is 11.8 Å². The third-order valence-electron chi connectivity index (χ3n) is 4.05. The van der Waals surface area contributed by atoms with E-state index in [0.717, 1.165) is 30.3 Å². The van der Waals surface area contributed by atoms with Crippen molar-refractivity contribution in [3.8, 4) is 0 Å². The van der Waals surface area contributed by atoms with E-state index < -0.39 is 5.97 Å². The lowest BCUT2D eigenvalue weighted by Crippen LogP contribution is -2.34. The number of carboxylic acid groups (broad SMARTS) is 1. The van der Waals surface area contributed by atoms with Crippen LogP contribution in [0, 0.1) is 5.92 Å². The molecule has 1 aromatic carbocycles. The molecule has 1 heterocycles. The summed E-state index contributed by atoms with van der Waals surface area (Å²) >= 11 is 6.35. The molecule has 1 N–H and O–H groups in total. The third kappa shape index (κ3) is 4.24. The van der Waals surface area contributed by atoms with Gasteiger partial charge in [-0.2, -0.15) is 0 Å². The molecule has 1 aromatic rings. The maximum Gasteiger partial charge on any atom is 0.328 e. The van der Waals surface area contributed by atoms with Gasteiger partial charge in [-0.05, 0) is 36.5 Å². The van der Waals surface area contributed by atoms with Gasteiger partial charge in [0, 0.05) is 19.2 Å². The van der Waals surface area contributed by atoms with Gasteiger partial charge in [0.1, 0.15) is 0 Å². The first-order valence-corrected chi connectivity index (χ1v) is 7.94. The van der Waals surface area contributed by atoms with Crippen LogP contribution in [-0.2, 0) is 4.79 Å². The zero-order valence-electron chi connectivity index (χ0n) is 12.4. The molecule has 0 radical (unpaired) electrons. The van der Waals surface area contributed by atoms with Crippen LogP contribution in [-0.4, -0.2) is 24.2 Å². The van der Waals surface area contributed by atoms with Crippen molar-refractivity contribution in [2.45, 2.75) is 32.6 Å². The summed E-state index contributed by atoms with van der Waals surface area (Å²) in [5, 5.41) is 9.50. The van der Waals surface area contributed by atoms with Gasteiger partial charge in [-0.25, -0.2) is 4.79 Å². The van der Waals surface area contributed by atoms with Gasteiger partial charge >= 0.3 is 5.97 Å². The minimum absolute atomic E-state index is 0.691. The molecule has 0 atom stereocenters. The fourth-order valence-electron chi connectivity index (χ4n) is 3.01. The van der Waals surface area contributed by atoms with Gasteiger partial charge in [0.2, 0.25) is 0 Å². The first-order valence-electron chi connectivity index (χ1n) is 7.56. The minimum Gasteiger partial charge on any atom is -0.478 e. The Bertz CT molecular complexity index is 520. The van der Waals surface area contributed by atoms with Crippen LogP contribution in [0.15, 0.2) is 24.3 Å². The molecule has 1 saturated heterocycles. The Morgan fingerprint density at radius 2 is 2.14 bits per heavy atom. The molecule has 1 aliphatic rings. The van der Waals surface area contributed by atoms with Gasteiger partial charge in [-0.1, -0.05) is 43.5 Å². The Balaban J connectivity index is 2.17. The normalized spacial score (nSPS) is 16.6. The molecule has 0 unspecified atom stereocenters. The fourth-order valence-corrected chi connectivity index (χ4v) is 3.32. The maximum atomic E-state index is 10.7. The van der Waals surface area contributed by atoms with E-state index in [9.17, 15) is 4.79 Å². The smallest absolute Gasteiger partial charge is 0.328 e. The number of nitrogens with zero attached hydrogens (tertiary/aromatic N) is 1. The summed E-state index contributed by atoms with van der Waals surface area (Å²) in [4.78, 5) is 13.0. The number of benzene rings is 1. The number of halogens is 1. The number of hydrogen-bond donors (Lipinski definition) is 1. The van der Waals surface area contributed by atoms with Gasteiger partial charge in [0.05, 0.1) is 10.7 Å². The molecule has 0 aliphatic carbocycles. The molecule has 0 spiro atoms. The number of hydrogen-bond acceptors (Lipinski definition) is 2. The van der Waals surface area contributed by atoms with Crippen molar-refractivity contribution in [3.05, 3.63) is 34.9 Å². The Hall–Kier alpha value is -1.48. The number of para-hydroxylation sites is 1. The van der Waals surface area contributed by atoms with E-state index in [-0.39, 0.29) is 0 Å². The Morgan fingerprint density at radius 3 is 2.76 bits per heavy atom. The highest BCUT2D eigenvalue weighted by atomic mass is 35.5. The zero-order chi connectivity index (χ0) is 15.2. The van der Waals surface area contributed by atoms with E-state index in [4.69, 9.17) is 16.7 Å². The van der Waals surface area contributed by atoms with E-state index in [1.807, 2.05) is 18.2 Å². The minimum atomic E-state index is -0.942. The van der Waals surface area contributed by atoms with Crippen LogP contribution in [0.4, 0.5) is 5.69 Å². The van der Waals surface area contributed by atoms with Gasteiger partial charge in [0.25, 0.3) is 0 Å². The van der Waals surface area contributed by atoms with Crippen LogP contribution in [0.2, 0.25) is 5.02 Å². The van der Waals surface area contributed by atoms with Gasteiger partial charge in [-0.3, -0.25) is 0 Å². The molecule has 3 nitrogen and oxygen atoms in total. The lowest BCUT2D eigenvalue weighted by atomic mass is 9.92. The monoisotopic (exact) mass is 307 g/mol. The molecule has 1 aliphatic heterocycles. The summed E-state index contributed by atoms with van der Waals surface area (Å²) in [5.74, 6) is -0.130. The number of piperidine rings is 1. The summed E-state index contributed by atoms with van der Waals surface area (Å²) in [6, 6.07) is 5.64. The van der Waals surface area contributed by atoms with E-state index in [1.165, 1.54) is 31.8 Å². The van der Waals surface area contributed by atoms with Crippen LogP contribution >= 0.6 is 11.6 Å². The standard InChI is InChI=1S/C17H22ClNO2/c1-2-4-13-9-11-19(12-10-13)17-14(7-8-16(20)21)5-3-6-15(17)18/h3,5-8,13H,2,4,9-12H2,1H3,(H,20,21)/b8-7+. The average Bonchev–Trinajstić information content (AvgIpc) is 2.46. The number of carboxylic acids is 1. The van der Waals surface area contributed by atoms with Crippen molar-refractivity contribution in [1.29, 1.82) is 0 Å². The summed E-state index contributed by atoms with van der Waals surface area (Å²) in [6.45, 7) is 4.21. The van der Waals surface area contributed by atoms with Gasteiger partial charge in [-0.15, -0.1) is 0 Å². The van der Waals surface area contributed by atoms with Crippen LogP contribution in [0.3, 0.4) is 0 Å². The molecule has 1 fully saturated rings. The SMILES string of the molecule is CCCC1CCN(c2c(Cl)cccc2/C=C/C(=O)O)CC1. The predicted octanol–water partition coefficient (Wildman–Crippen LogP) is 4.45. The van der Waals surface area contributed by atoms with Crippen molar-refractivity contribution in [3.63, 3.8) is 0 Å². The van der Waals surface area contributed by atoms with Crippen molar-refractivity contribution in [1.82, 2.24) is 0 Å². The van der Waals surface area contributed by atoms with Crippen LogP contribution in [0.1, 0.15) is 38.2 Å². The third-order valence-corrected chi connectivity index (χ3v) is 4.36. The largest absolute Gasteiger partial charge is 0.478 e. The molecular weight excluding hydrogens is 286 g/mol. The van der Waals surface area contributed by atoms with Gasteiger partial charge in [0.15, 0.2) is 0 Å². The highest BCUT2D eigenvalue weighted by Crippen LogP contribution is 2.34. The van der Waals surface area contributed by atoms with Gasteiger partial charge < -0.3 is 10.0 Å². The first-order chi connectivity index (χ1) is 10.1. The topological polar surface area (TPSA) is 40.5 Å². The first kappa shape index (κ1) is 15.9. The summed E-state index contributed by atoms with van der Waals surface area (Å²) < 4.78 is 0.